The fourth-order valence-corrected chi connectivity index (χ4v) is 4.71. The van der Waals surface area contributed by atoms with Crippen LogP contribution in [0.5, 0.6) is 0 Å². The lowest BCUT2D eigenvalue weighted by atomic mass is 10.00. The number of carbonyl (C=O) groups is 1. The van der Waals surface area contributed by atoms with Crippen LogP contribution in [0.1, 0.15) is 36.2 Å². The second-order valence-corrected chi connectivity index (χ2v) is 8.76. The van der Waals surface area contributed by atoms with Crippen LogP contribution in [0.4, 0.5) is 0 Å². The van der Waals surface area contributed by atoms with E-state index in [0.717, 1.165) is 21.1 Å². The Morgan fingerprint density at radius 2 is 2.04 bits per heavy atom. The number of carbonyl (C=O) groups excluding carboxylic acids is 1. The van der Waals surface area contributed by atoms with Crippen molar-refractivity contribution in [3.8, 4) is 0 Å². The minimum atomic E-state index is -3.76. The molecular weight excluding hydrogens is 378 g/mol. The van der Waals surface area contributed by atoms with Gasteiger partial charge in [0.15, 0.2) is 0 Å². The minimum absolute atomic E-state index is 0.283. The van der Waals surface area contributed by atoms with Gasteiger partial charge in [0.05, 0.1) is 11.7 Å². The number of hydrogen-bond acceptors (Lipinski definition) is 4. The van der Waals surface area contributed by atoms with Crippen molar-refractivity contribution in [1.29, 1.82) is 0 Å². The standard InChI is InChI=1S/C19H27N5O3S/c1-4-24-13-16(14(2)21-24)17-12-18(23(3)28(26,27)22-17)19(25)20-11-10-15-8-6-5-7-9-15/h5-9,13,17-18,22H,4,10-12H2,1-3H3,(H,20,25). The zero-order chi connectivity index (χ0) is 20.3. The first-order chi connectivity index (χ1) is 13.3. The van der Waals surface area contributed by atoms with Gasteiger partial charge in [0.25, 0.3) is 10.2 Å². The van der Waals surface area contributed by atoms with E-state index in [1.165, 1.54) is 7.05 Å². The molecule has 0 radical (unpaired) electrons. The van der Waals surface area contributed by atoms with Crippen LogP contribution in [-0.2, 0) is 28.0 Å². The third-order valence-corrected chi connectivity index (χ3v) is 6.71. The van der Waals surface area contributed by atoms with Gasteiger partial charge in [-0.1, -0.05) is 30.3 Å². The summed E-state index contributed by atoms with van der Waals surface area (Å²) in [6.07, 6.45) is 2.89. The Morgan fingerprint density at radius 1 is 1.32 bits per heavy atom. The molecule has 0 bridgehead atoms. The third-order valence-electron chi connectivity index (χ3n) is 5.11. The summed E-state index contributed by atoms with van der Waals surface area (Å²) in [6, 6.07) is 8.60. The van der Waals surface area contributed by atoms with E-state index >= 15 is 0 Å². The Morgan fingerprint density at radius 3 is 2.68 bits per heavy atom. The predicted molar refractivity (Wildman–Crippen MR) is 107 cm³/mol. The smallest absolute Gasteiger partial charge is 0.280 e. The van der Waals surface area contributed by atoms with E-state index < -0.39 is 22.3 Å². The van der Waals surface area contributed by atoms with Crippen LogP contribution in [0.15, 0.2) is 36.5 Å². The highest BCUT2D eigenvalue weighted by Gasteiger charge is 2.41. The number of hydrogen-bond donors (Lipinski definition) is 2. The summed E-state index contributed by atoms with van der Waals surface area (Å²) < 4.78 is 30.7. The summed E-state index contributed by atoms with van der Waals surface area (Å²) in [5, 5.41) is 7.27. The SMILES string of the molecule is CCn1cc(C2CC(C(=O)NCCc3ccccc3)N(C)S(=O)(=O)N2)c(C)n1. The zero-order valence-electron chi connectivity index (χ0n) is 16.4. The monoisotopic (exact) mass is 405 g/mol. The second-order valence-electron chi connectivity index (χ2n) is 7.00. The van der Waals surface area contributed by atoms with Crippen molar-refractivity contribution in [2.45, 2.75) is 45.3 Å². The molecule has 28 heavy (non-hydrogen) atoms. The maximum atomic E-state index is 12.7. The molecule has 0 spiro atoms. The summed E-state index contributed by atoms with van der Waals surface area (Å²) in [5.74, 6) is -0.283. The Balaban J connectivity index is 1.71. The zero-order valence-corrected chi connectivity index (χ0v) is 17.2. The lowest BCUT2D eigenvalue weighted by molar-refractivity contribution is -0.125. The fraction of sp³-hybridized carbons (Fsp3) is 0.474. The molecule has 2 aromatic rings. The van der Waals surface area contributed by atoms with Crippen molar-refractivity contribution in [2.75, 3.05) is 13.6 Å². The fourth-order valence-electron chi connectivity index (χ4n) is 3.44. The normalized spacial score (nSPS) is 22.1. The molecule has 152 valence electrons. The van der Waals surface area contributed by atoms with Gasteiger partial charge in [-0.3, -0.25) is 9.48 Å². The highest BCUT2D eigenvalue weighted by molar-refractivity contribution is 7.87. The molecule has 1 aliphatic rings. The number of amides is 1. The Bertz CT molecular complexity index is 926. The Hall–Kier alpha value is -2.23. The molecule has 1 aromatic heterocycles. The Labute approximate surface area is 166 Å². The summed E-state index contributed by atoms with van der Waals surface area (Å²) in [6.45, 7) is 4.98. The van der Waals surface area contributed by atoms with E-state index in [-0.39, 0.29) is 5.91 Å². The van der Waals surface area contributed by atoms with Crippen LogP contribution in [-0.4, -0.2) is 48.0 Å². The highest BCUT2D eigenvalue weighted by atomic mass is 32.2. The molecule has 9 heteroatoms. The van der Waals surface area contributed by atoms with E-state index in [4.69, 9.17) is 0 Å². The van der Waals surface area contributed by atoms with E-state index in [0.29, 0.717) is 25.9 Å². The second kappa shape index (κ2) is 8.42. The van der Waals surface area contributed by atoms with E-state index in [9.17, 15) is 13.2 Å². The quantitative estimate of drug-likeness (QED) is 0.754. The van der Waals surface area contributed by atoms with Gasteiger partial charge in [0.2, 0.25) is 5.91 Å². The minimum Gasteiger partial charge on any atom is -0.354 e. The van der Waals surface area contributed by atoms with Crippen LogP contribution in [0.25, 0.3) is 0 Å². The van der Waals surface area contributed by atoms with Crippen molar-refractivity contribution < 1.29 is 13.2 Å². The van der Waals surface area contributed by atoms with E-state index in [2.05, 4.69) is 15.1 Å². The summed E-state index contributed by atoms with van der Waals surface area (Å²) >= 11 is 0. The van der Waals surface area contributed by atoms with Crippen molar-refractivity contribution in [2.24, 2.45) is 0 Å². The third kappa shape index (κ3) is 4.43. The topological polar surface area (TPSA) is 96.3 Å². The van der Waals surface area contributed by atoms with E-state index in [1.54, 1.807) is 4.68 Å². The van der Waals surface area contributed by atoms with Gasteiger partial charge in [0, 0.05) is 31.9 Å². The van der Waals surface area contributed by atoms with Crippen LogP contribution < -0.4 is 10.0 Å². The molecular formula is C19H27N5O3S. The predicted octanol–water partition coefficient (Wildman–Crippen LogP) is 1.15. The van der Waals surface area contributed by atoms with Gasteiger partial charge >= 0.3 is 0 Å². The maximum Gasteiger partial charge on any atom is 0.280 e. The molecule has 0 aliphatic carbocycles. The molecule has 2 heterocycles. The molecule has 2 unspecified atom stereocenters. The molecule has 2 atom stereocenters. The molecule has 1 saturated heterocycles. The van der Waals surface area contributed by atoms with Gasteiger partial charge in [0.1, 0.15) is 6.04 Å². The molecule has 3 rings (SSSR count). The molecule has 1 aliphatic heterocycles. The Kier molecular flexibility index (Phi) is 6.17. The lowest BCUT2D eigenvalue weighted by Gasteiger charge is -2.36. The number of aryl methyl sites for hydroxylation is 2. The largest absolute Gasteiger partial charge is 0.354 e. The number of nitrogens with one attached hydrogen (secondary N) is 2. The van der Waals surface area contributed by atoms with Gasteiger partial charge in [-0.15, -0.1) is 0 Å². The van der Waals surface area contributed by atoms with Gasteiger partial charge < -0.3 is 5.32 Å². The molecule has 8 nitrogen and oxygen atoms in total. The summed E-state index contributed by atoms with van der Waals surface area (Å²) in [7, 11) is -2.33. The number of nitrogens with zero attached hydrogens (tertiary/aromatic N) is 3. The molecule has 0 saturated carbocycles. The van der Waals surface area contributed by atoms with Crippen molar-refractivity contribution >= 4 is 16.1 Å². The molecule has 2 N–H and O–H groups in total. The average Bonchev–Trinajstić information content (AvgIpc) is 3.05. The van der Waals surface area contributed by atoms with Crippen LogP contribution in [0.2, 0.25) is 0 Å². The molecule has 1 aromatic carbocycles. The molecule has 1 fully saturated rings. The van der Waals surface area contributed by atoms with Crippen LogP contribution in [0.3, 0.4) is 0 Å². The summed E-state index contributed by atoms with van der Waals surface area (Å²) in [4.78, 5) is 12.7. The number of likely N-dealkylation sites (N-methyl/N-ethyl adjacent to an activating group) is 1. The first-order valence-electron chi connectivity index (χ1n) is 9.42. The highest BCUT2D eigenvalue weighted by Crippen LogP contribution is 2.29. The van der Waals surface area contributed by atoms with Crippen molar-refractivity contribution in [1.82, 2.24) is 24.1 Å². The van der Waals surface area contributed by atoms with Crippen LogP contribution >= 0.6 is 0 Å². The van der Waals surface area contributed by atoms with Crippen molar-refractivity contribution in [3.05, 3.63) is 53.3 Å². The van der Waals surface area contributed by atoms with Crippen LogP contribution in [0, 0.1) is 6.92 Å². The molecule has 1 amide bonds. The van der Waals surface area contributed by atoms with Gasteiger partial charge in [-0.25, -0.2) is 0 Å². The number of benzene rings is 1. The van der Waals surface area contributed by atoms with Crippen molar-refractivity contribution in [3.63, 3.8) is 0 Å². The number of aromatic nitrogens is 2. The maximum absolute atomic E-state index is 12.7. The lowest BCUT2D eigenvalue weighted by Crippen LogP contribution is -2.57. The first-order valence-corrected chi connectivity index (χ1v) is 10.9. The average molecular weight is 406 g/mol. The van der Waals surface area contributed by atoms with Gasteiger partial charge in [-0.2, -0.15) is 22.5 Å². The first kappa shape index (κ1) is 20.5. The van der Waals surface area contributed by atoms with Gasteiger partial charge in [-0.05, 0) is 32.3 Å². The summed E-state index contributed by atoms with van der Waals surface area (Å²) in [5.41, 5.74) is 2.69. The number of rotatable bonds is 6. The van der Waals surface area contributed by atoms with E-state index in [1.807, 2.05) is 50.4 Å².